The van der Waals surface area contributed by atoms with Gasteiger partial charge in [0, 0.05) is 10.7 Å². The van der Waals surface area contributed by atoms with E-state index < -0.39 is 5.41 Å². The SMILES string of the molecule is N=C(NC(=O)c1ccc(N)nc1)C1(c2ccc(Br)cc2)CCC1. The number of carbonyl (C=O) groups is 1. The Hall–Kier alpha value is -2.21. The molecule has 1 aromatic heterocycles. The number of carbonyl (C=O) groups excluding carboxylic acids is 1. The van der Waals surface area contributed by atoms with Gasteiger partial charge in [-0.2, -0.15) is 0 Å². The summed E-state index contributed by atoms with van der Waals surface area (Å²) in [6, 6.07) is 11.1. The van der Waals surface area contributed by atoms with E-state index in [1.807, 2.05) is 24.3 Å². The minimum atomic E-state index is -0.391. The van der Waals surface area contributed by atoms with Gasteiger partial charge in [-0.05, 0) is 42.7 Å². The fourth-order valence-corrected chi connectivity index (χ4v) is 3.09. The number of nitrogens with two attached hydrogens (primary N) is 1. The molecule has 0 aliphatic heterocycles. The summed E-state index contributed by atoms with van der Waals surface area (Å²) in [6.07, 6.45) is 4.21. The maximum Gasteiger partial charge on any atom is 0.258 e. The van der Waals surface area contributed by atoms with Gasteiger partial charge in [-0.15, -0.1) is 0 Å². The number of nitrogens with one attached hydrogen (secondary N) is 2. The van der Waals surface area contributed by atoms with E-state index in [9.17, 15) is 4.79 Å². The van der Waals surface area contributed by atoms with Crippen molar-refractivity contribution in [2.24, 2.45) is 0 Å². The standard InChI is InChI=1S/C17H17BrN4O/c18-13-5-3-12(4-6-13)17(8-1-9-17)16(20)22-15(23)11-2-7-14(19)21-10-11/h2-7,10H,1,8-9H2,(H2,19,21)(H2,20,22,23). The van der Waals surface area contributed by atoms with E-state index in [4.69, 9.17) is 11.1 Å². The molecule has 0 saturated heterocycles. The lowest BCUT2D eigenvalue weighted by Gasteiger charge is -2.42. The summed E-state index contributed by atoms with van der Waals surface area (Å²) in [5.41, 5.74) is 6.60. The zero-order valence-electron chi connectivity index (χ0n) is 12.5. The second-order valence-electron chi connectivity index (χ2n) is 5.74. The first-order valence-electron chi connectivity index (χ1n) is 7.39. The summed E-state index contributed by atoms with van der Waals surface area (Å²) in [5.74, 6) is 0.278. The van der Waals surface area contributed by atoms with Crippen molar-refractivity contribution in [1.29, 1.82) is 5.41 Å². The minimum Gasteiger partial charge on any atom is -0.384 e. The number of benzene rings is 1. The van der Waals surface area contributed by atoms with Gasteiger partial charge >= 0.3 is 0 Å². The van der Waals surface area contributed by atoms with E-state index in [1.54, 1.807) is 12.1 Å². The smallest absolute Gasteiger partial charge is 0.258 e. The molecule has 1 heterocycles. The zero-order chi connectivity index (χ0) is 16.4. The van der Waals surface area contributed by atoms with Crippen LogP contribution in [0.2, 0.25) is 0 Å². The topological polar surface area (TPSA) is 91.9 Å². The van der Waals surface area contributed by atoms with Gasteiger partial charge in [0.25, 0.3) is 5.91 Å². The lowest BCUT2D eigenvalue weighted by molar-refractivity contribution is 0.0972. The molecule has 1 saturated carbocycles. The number of pyridine rings is 1. The Morgan fingerprint density at radius 1 is 1.22 bits per heavy atom. The highest BCUT2D eigenvalue weighted by molar-refractivity contribution is 9.10. The van der Waals surface area contributed by atoms with E-state index in [2.05, 4.69) is 26.2 Å². The number of anilines is 1. The van der Waals surface area contributed by atoms with Crippen LogP contribution in [0.25, 0.3) is 0 Å². The Morgan fingerprint density at radius 2 is 1.91 bits per heavy atom. The molecule has 1 aliphatic rings. The normalized spacial score (nSPS) is 15.5. The average Bonchev–Trinajstić information content (AvgIpc) is 2.48. The molecule has 1 aromatic carbocycles. The predicted molar refractivity (Wildman–Crippen MR) is 93.5 cm³/mol. The number of aromatic nitrogens is 1. The first kappa shape index (κ1) is 15.7. The molecule has 0 unspecified atom stereocenters. The fraction of sp³-hybridized carbons (Fsp3) is 0.235. The van der Waals surface area contributed by atoms with Crippen LogP contribution in [0.15, 0.2) is 47.1 Å². The average molecular weight is 373 g/mol. The fourth-order valence-electron chi connectivity index (χ4n) is 2.83. The molecular weight excluding hydrogens is 356 g/mol. The lowest BCUT2D eigenvalue weighted by Crippen LogP contribution is -2.50. The van der Waals surface area contributed by atoms with Crippen molar-refractivity contribution in [3.63, 3.8) is 0 Å². The van der Waals surface area contributed by atoms with Crippen LogP contribution in [0.5, 0.6) is 0 Å². The van der Waals surface area contributed by atoms with Crippen LogP contribution in [-0.4, -0.2) is 16.7 Å². The number of hydrogen-bond donors (Lipinski definition) is 3. The summed E-state index contributed by atoms with van der Waals surface area (Å²) in [4.78, 5) is 16.2. The molecule has 1 amide bonds. The van der Waals surface area contributed by atoms with Crippen LogP contribution in [0.3, 0.4) is 0 Å². The molecule has 4 N–H and O–H groups in total. The Kier molecular flexibility index (Phi) is 4.17. The van der Waals surface area contributed by atoms with Gasteiger partial charge < -0.3 is 11.1 Å². The lowest BCUT2D eigenvalue weighted by atomic mass is 9.63. The van der Waals surface area contributed by atoms with Crippen molar-refractivity contribution in [2.75, 3.05) is 5.73 Å². The molecular formula is C17H17BrN4O. The number of nitrogen functional groups attached to an aromatic ring is 1. The quantitative estimate of drug-likeness (QED) is 0.570. The highest BCUT2D eigenvalue weighted by atomic mass is 79.9. The van der Waals surface area contributed by atoms with E-state index in [-0.39, 0.29) is 11.7 Å². The summed E-state index contributed by atoms with van der Waals surface area (Å²) in [6.45, 7) is 0. The summed E-state index contributed by atoms with van der Waals surface area (Å²) in [5, 5.41) is 11.1. The third-order valence-corrected chi connectivity index (χ3v) is 4.90. The Labute approximate surface area is 142 Å². The van der Waals surface area contributed by atoms with E-state index in [0.717, 1.165) is 29.3 Å². The van der Waals surface area contributed by atoms with Gasteiger partial charge in [-0.1, -0.05) is 34.5 Å². The zero-order valence-corrected chi connectivity index (χ0v) is 14.1. The molecule has 1 fully saturated rings. The first-order valence-corrected chi connectivity index (χ1v) is 8.18. The number of amidine groups is 1. The molecule has 0 radical (unpaired) electrons. The van der Waals surface area contributed by atoms with Crippen LogP contribution >= 0.6 is 15.9 Å². The van der Waals surface area contributed by atoms with Gasteiger partial charge in [-0.3, -0.25) is 10.2 Å². The molecule has 1 aliphatic carbocycles. The predicted octanol–water partition coefficient (Wildman–Crippen LogP) is 3.26. The minimum absolute atomic E-state index is 0.243. The number of rotatable bonds is 3. The van der Waals surface area contributed by atoms with Crippen LogP contribution in [-0.2, 0) is 5.41 Å². The molecule has 0 atom stereocenters. The molecule has 3 rings (SSSR count). The van der Waals surface area contributed by atoms with Gasteiger partial charge in [0.2, 0.25) is 0 Å². The largest absolute Gasteiger partial charge is 0.384 e. The monoisotopic (exact) mass is 372 g/mol. The number of amides is 1. The highest BCUT2D eigenvalue weighted by Gasteiger charge is 2.43. The Balaban J connectivity index is 1.79. The van der Waals surface area contributed by atoms with Crippen molar-refractivity contribution >= 4 is 33.5 Å². The summed E-state index contributed by atoms with van der Waals surface area (Å²) < 4.78 is 0.999. The molecule has 0 spiro atoms. The number of halogens is 1. The first-order chi connectivity index (χ1) is 11.0. The van der Waals surface area contributed by atoms with Crippen LogP contribution < -0.4 is 11.1 Å². The molecule has 2 aromatic rings. The second-order valence-corrected chi connectivity index (χ2v) is 6.66. The maximum atomic E-state index is 12.3. The molecule has 6 heteroatoms. The summed E-state index contributed by atoms with van der Waals surface area (Å²) >= 11 is 3.43. The maximum absolute atomic E-state index is 12.3. The third kappa shape index (κ3) is 2.99. The van der Waals surface area contributed by atoms with Crippen LogP contribution in [0.4, 0.5) is 5.82 Å². The molecule has 0 bridgehead atoms. The Morgan fingerprint density at radius 3 is 2.43 bits per heavy atom. The number of nitrogens with zero attached hydrogens (tertiary/aromatic N) is 1. The van der Waals surface area contributed by atoms with E-state index in [0.29, 0.717) is 11.4 Å². The van der Waals surface area contributed by atoms with Gasteiger partial charge in [0.1, 0.15) is 11.7 Å². The van der Waals surface area contributed by atoms with Crippen molar-refractivity contribution in [1.82, 2.24) is 10.3 Å². The Bertz CT molecular complexity index is 736. The van der Waals surface area contributed by atoms with Crippen molar-refractivity contribution < 1.29 is 4.79 Å². The van der Waals surface area contributed by atoms with Crippen LogP contribution in [0, 0.1) is 5.41 Å². The number of hydrogen-bond acceptors (Lipinski definition) is 4. The van der Waals surface area contributed by atoms with Gasteiger partial charge in [0.15, 0.2) is 0 Å². The molecule has 118 valence electrons. The van der Waals surface area contributed by atoms with Gasteiger partial charge in [0.05, 0.1) is 11.0 Å². The second kappa shape index (κ2) is 6.12. The third-order valence-electron chi connectivity index (χ3n) is 4.37. The molecule has 23 heavy (non-hydrogen) atoms. The van der Waals surface area contributed by atoms with Gasteiger partial charge in [-0.25, -0.2) is 4.98 Å². The highest BCUT2D eigenvalue weighted by Crippen LogP contribution is 2.44. The van der Waals surface area contributed by atoms with Crippen LogP contribution in [0.1, 0.15) is 35.2 Å². The van der Waals surface area contributed by atoms with Crippen molar-refractivity contribution in [3.05, 3.63) is 58.2 Å². The summed E-state index contributed by atoms with van der Waals surface area (Å²) in [7, 11) is 0. The van der Waals surface area contributed by atoms with E-state index in [1.165, 1.54) is 6.20 Å². The molecule has 5 nitrogen and oxygen atoms in total. The van der Waals surface area contributed by atoms with Crippen molar-refractivity contribution in [2.45, 2.75) is 24.7 Å². The van der Waals surface area contributed by atoms with Crippen molar-refractivity contribution in [3.8, 4) is 0 Å². The van der Waals surface area contributed by atoms with E-state index >= 15 is 0 Å².